The lowest BCUT2D eigenvalue weighted by atomic mass is 10.1. The molecule has 1 aliphatic heterocycles. The summed E-state index contributed by atoms with van der Waals surface area (Å²) in [6.07, 6.45) is -4.51. The van der Waals surface area contributed by atoms with Crippen molar-refractivity contribution in [2.45, 2.75) is 6.18 Å². The molecule has 0 unspecified atom stereocenters. The summed E-state index contributed by atoms with van der Waals surface area (Å²) in [6, 6.07) is 2.59. The molecule has 1 heterocycles. The molecule has 0 saturated carbocycles. The maximum atomic E-state index is 12.4. The molecule has 0 fully saturated rings. The van der Waals surface area contributed by atoms with Crippen LogP contribution in [0.5, 0.6) is 0 Å². The Morgan fingerprint density at radius 3 is 2.53 bits per heavy atom. The highest BCUT2D eigenvalue weighted by Crippen LogP contribution is 2.32. The summed E-state index contributed by atoms with van der Waals surface area (Å²) in [6.45, 7) is -0.255. The van der Waals surface area contributed by atoms with E-state index in [9.17, 15) is 22.8 Å². The fourth-order valence-electron chi connectivity index (χ4n) is 1.47. The summed E-state index contributed by atoms with van der Waals surface area (Å²) < 4.78 is 37.3. The highest BCUT2D eigenvalue weighted by Gasteiger charge is 2.32. The van der Waals surface area contributed by atoms with Gasteiger partial charge in [0.15, 0.2) is 0 Å². The van der Waals surface area contributed by atoms with Crippen molar-refractivity contribution in [2.24, 2.45) is 0 Å². The number of amides is 2. The minimum absolute atomic E-state index is 0.0175. The van der Waals surface area contributed by atoms with Crippen molar-refractivity contribution in [3.63, 3.8) is 0 Å². The van der Waals surface area contributed by atoms with Gasteiger partial charge < -0.3 is 10.6 Å². The minimum atomic E-state index is -4.51. The third-order valence-corrected chi connectivity index (χ3v) is 2.28. The summed E-state index contributed by atoms with van der Waals surface area (Å²) in [5.74, 6) is -1.14. The first kappa shape index (κ1) is 11.4. The molecule has 7 heteroatoms. The van der Waals surface area contributed by atoms with Crippen LogP contribution in [-0.2, 0) is 11.0 Å². The van der Waals surface area contributed by atoms with E-state index < -0.39 is 23.6 Å². The van der Waals surface area contributed by atoms with Gasteiger partial charge in [-0.2, -0.15) is 13.2 Å². The fourth-order valence-corrected chi connectivity index (χ4v) is 1.47. The highest BCUT2D eigenvalue weighted by atomic mass is 19.4. The van der Waals surface area contributed by atoms with Gasteiger partial charge >= 0.3 is 6.18 Å². The Hall–Kier alpha value is -2.05. The number of halogens is 3. The highest BCUT2D eigenvalue weighted by molar-refractivity contribution is 6.08. The Balaban J connectivity index is 2.50. The van der Waals surface area contributed by atoms with Crippen molar-refractivity contribution in [3.05, 3.63) is 29.3 Å². The normalized spacial score (nSPS) is 15.7. The Morgan fingerprint density at radius 2 is 1.88 bits per heavy atom. The molecule has 2 rings (SSSR count). The molecule has 1 aromatic rings. The smallest absolute Gasteiger partial charge is 0.343 e. The predicted octanol–water partition coefficient (Wildman–Crippen LogP) is 1.39. The maximum Gasteiger partial charge on any atom is 0.416 e. The third kappa shape index (κ3) is 2.22. The quantitative estimate of drug-likeness (QED) is 0.724. The molecule has 1 aliphatic rings. The lowest BCUT2D eigenvalue weighted by Gasteiger charge is -2.10. The van der Waals surface area contributed by atoms with E-state index >= 15 is 0 Å². The number of hydrogen-bond acceptors (Lipinski definition) is 2. The first-order chi connectivity index (χ1) is 7.88. The molecule has 0 bridgehead atoms. The van der Waals surface area contributed by atoms with E-state index in [2.05, 4.69) is 10.6 Å². The lowest BCUT2D eigenvalue weighted by molar-refractivity contribution is -0.137. The van der Waals surface area contributed by atoms with Gasteiger partial charge in [-0.25, -0.2) is 0 Å². The van der Waals surface area contributed by atoms with Crippen LogP contribution in [0.15, 0.2) is 18.2 Å². The number of rotatable bonds is 0. The second-order valence-electron chi connectivity index (χ2n) is 3.49. The summed E-state index contributed by atoms with van der Waals surface area (Å²) >= 11 is 0. The van der Waals surface area contributed by atoms with Crippen LogP contribution in [0.4, 0.5) is 18.9 Å². The molecule has 0 aromatic heterocycles. The van der Waals surface area contributed by atoms with Gasteiger partial charge in [0.05, 0.1) is 23.4 Å². The lowest BCUT2D eigenvalue weighted by Crippen LogP contribution is -2.28. The average Bonchev–Trinajstić information content (AvgIpc) is 2.37. The van der Waals surface area contributed by atoms with Gasteiger partial charge in [0.1, 0.15) is 0 Å². The number of carbonyl (C=O) groups excluding carboxylic acids is 2. The maximum absolute atomic E-state index is 12.4. The van der Waals surface area contributed by atoms with E-state index in [4.69, 9.17) is 0 Å². The molecule has 0 radical (unpaired) electrons. The van der Waals surface area contributed by atoms with Crippen molar-refractivity contribution in [2.75, 3.05) is 11.9 Å². The topological polar surface area (TPSA) is 58.2 Å². The van der Waals surface area contributed by atoms with E-state index in [-0.39, 0.29) is 17.8 Å². The van der Waals surface area contributed by atoms with Gasteiger partial charge in [0, 0.05) is 0 Å². The molecule has 0 aliphatic carbocycles. The van der Waals surface area contributed by atoms with Crippen LogP contribution in [0.25, 0.3) is 0 Å². The molecule has 90 valence electrons. The van der Waals surface area contributed by atoms with Crippen molar-refractivity contribution in [1.82, 2.24) is 5.32 Å². The van der Waals surface area contributed by atoms with Crippen LogP contribution in [0.1, 0.15) is 15.9 Å². The average molecular weight is 244 g/mol. The van der Waals surface area contributed by atoms with E-state index in [1.54, 1.807) is 0 Å². The zero-order valence-electron chi connectivity index (χ0n) is 8.39. The Morgan fingerprint density at radius 1 is 1.18 bits per heavy atom. The van der Waals surface area contributed by atoms with Crippen molar-refractivity contribution in [1.29, 1.82) is 0 Å². The zero-order chi connectivity index (χ0) is 12.6. The molecule has 2 amide bonds. The molecular formula is C10H7F3N2O2. The molecule has 0 spiro atoms. The van der Waals surface area contributed by atoms with Crippen LogP contribution in [0.2, 0.25) is 0 Å². The van der Waals surface area contributed by atoms with Gasteiger partial charge in [-0.15, -0.1) is 0 Å². The molecule has 0 saturated heterocycles. The van der Waals surface area contributed by atoms with E-state index in [0.29, 0.717) is 0 Å². The van der Waals surface area contributed by atoms with Gasteiger partial charge in [0.25, 0.3) is 5.91 Å². The second kappa shape index (κ2) is 3.76. The first-order valence-corrected chi connectivity index (χ1v) is 4.67. The second-order valence-corrected chi connectivity index (χ2v) is 3.49. The molecular weight excluding hydrogens is 237 g/mol. The molecule has 2 N–H and O–H groups in total. The van der Waals surface area contributed by atoms with Crippen LogP contribution in [0.3, 0.4) is 0 Å². The first-order valence-electron chi connectivity index (χ1n) is 4.67. The molecule has 1 aromatic carbocycles. The summed E-state index contributed by atoms with van der Waals surface area (Å²) in [5.41, 5.74) is -1.02. The summed E-state index contributed by atoms with van der Waals surface area (Å²) in [7, 11) is 0. The van der Waals surface area contributed by atoms with Crippen LogP contribution in [-0.4, -0.2) is 18.4 Å². The number of hydrogen-bond donors (Lipinski definition) is 2. The SMILES string of the molecule is O=C1CNC(=O)c2ccc(C(F)(F)F)cc2N1. The Kier molecular flexibility index (Phi) is 2.53. The number of carbonyl (C=O) groups is 2. The summed E-state index contributed by atoms with van der Waals surface area (Å²) in [5, 5.41) is 4.52. The predicted molar refractivity (Wildman–Crippen MR) is 52.4 cm³/mol. The van der Waals surface area contributed by atoms with Gasteiger partial charge in [-0.1, -0.05) is 0 Å². The number of nitrogens with one attached hydrogen (secondary N) is 2. The van der Waals surface area contributed by atoms with E-state index in [1.807, 2.05) is 0 Å². The zero-order valence-corrected chi connectivity index (χ0v) is 8.39. The van der Waals surface area contributed by atoms with Crippen molar-refractivity contribution in [3.8, 4) is 0 Å². The Labute approximate surface area is 93.8 Å². The van der Waals surface area contributed by atoms with Crippen LogP contribution < -0.4 is 10.6 Å². The van der Waals surface area contributed by atoms with Gasteiger partial charge in [-0.3, -0.25) is 9.59 Å². The van der Waals surface area contributed by atoms with E-state index in [0.717, 1.165) is 18.2 Å². The van der Waals surface area contributed by atoms with E-state index in [1.165, 1.54) is 0 Å². The van der Waals surface area contributed by atoms with Gasteiger partial charge in [-0.05, 0) is 18.2 Å². The molecule has 0 atom stereocenters. The number of fused-ring (bicyclic) bond motifs is 1. The number of anilines is 1. The third-order valence-electron chi connectivity index (χ3n) is 2.28. The monoisotopic (exact) mass is 244 g/mol. The van der Waals surface area contributed by atoms with Crippen LogP contribution >= 0.6 is 0 Å². The molecule has 17 heavy (non-hydrogen) atoms. The standard InChI is InChI=1S/C10H7F3N2O2/c11-10(12,13)5-1-2-6-7(3-5)15-8(16)4-14-9(6)17/h1-3H,4H2,(H,14,17)(H,15,16). The molecule has 4 nitrogen and oxygen atoms in total. The minimum Gasteiger partial charge on any atom is -0.343 e. The van der Waals surface area contributed by atoms with Crippen molar-refractivity contribution < 1.29 is 22.8 Å². The summed E-state index contributed by atoms with van der Waals surface area (Å²) in [4.78, 5) is 22.6. The Bertz CT molecular complexity index is 497. The largest absolute Gasteiger partial charge is 0.416 e. The van der Waals surface area contributed by atoms with Crippen molar-refractivity contribution >= 4 is 17.5 Å². The number of benzene rings is 1. The fraction of sp³-hybridized carbons (Fsp3) is 0.200. The number of alkyl halides is 3. The van der Waals surface area contributed by atoms with Gasteiger partial charge in [0.2, 0.25) is 5.91 Å². The van der Waals surface area contributed by atoms with Crippen LogP contribution in [0, 0.1) is 0 Å².